The summed E-state index contributed by atoms with van der Waals surface area (Å²) in [4.78, 5) is 25.6. The molecular formula is C20H24N6O2S2. The van der Waals surface area contributed by atoms with Crippen LogP contribution in [0.3, 0.4) is 0 Å². The van der Waals surface area contributed by atoms with Crippen molar-refractivity contribution < 1.29 is 9.59 Å². The Labute approximate surface area is 183 Å². The summed E-state index contributed by atoms with van der Waals surface area (Å²) in [6.07, 6.45) is 0.856. The van der Waals surface area contributed by atoms with Gasteiger partial charge in [-0.15, -0.1) is 21.5 Å². The lowest BCUT2D eigenvalue weighted by Gasteiger charge is -2.16. The van der Waals surface area contributed by atoms with Crippen molar-refractivity contribution in [3.05, 3.63) is 51.9 Å². The number of carbonyl (C=O) groups is 2. The maximum atomic E-state index is 12.9. The number of hydrogen-bond acceptors (Lipinski definition) is 7. The number of nitrogen functional groups attached to an aromatic ring is 1. The summed E-state index contributed by atoms with van der Waals surface area (Å²) in [5, 5.41) is 11.9. The van der Waals surface area contributed by atoms with Crippen LogP contribution in [0.2, 0.25) is 0 Å². The van der Waals surface area contributed by atoms with E-state index in [4.69, 9.17) is 11.5 Å². The Balaban J connectivity index is 1.73. The predicted octanol–water partition coefficient (Wildman–Crippen LogP) is 3.17. The largest absolute Gasteiger partial charge is 0.368 e. The first-order valence-electron chi connectivity index (χ1n) is 9.37. The van der Waals surface area contributed by atoms with Crippen molar-refractivity contribution >= 4 is 45.9 Å². The van der Waals surface area contributed by atoms with Gasteiger partial charge < -0.3 is 16.8 Å². The van der Waals surface area contributed by atoms with Gasteiger partial charge in [-0.25, -0.2) is 0 Å². The molecular weight excluding hydrogens is 420 g/mol. The molecule has 0 aliphatic heterocycles. The van der Waals surface area contributed by atoms with E-state index in [1.54, 1.807) is 11.5 Å². The van der Waals surface area contributed by atoms with Crippen molar-refractivity contribution in [1.82, 2.24) is 14.8 Å². The molecule has 0 radical (unpaired) electrons. The molecule has 0 bridgehead atoms. The molecule has 0 fully saturated rings. The molecule has 30 heavy (non-hydrogen) atoms. The van der Waals surface area contributed by atoms with Gasteiger partial charge in [0.25, 0.3) is 5.91 Å². The Morgan fingerprint density at radius 2 is 1.93 bits per heavy atom. The van der Waals surface area contributed by atoms with Crippen molar-refractivity contribution in [2.75, 3.05) is 16.8 Å². The van der Waals surface area contributed by atoms with E-state index in [0.29, 0.717) is 15.7 Å². The normalized spacial score (nSPS) is 12.0. The number of hydrogen-bond donors (Lipinski definition) is 3. The van der Waals surface area contributed by atoms with Gasteiger partial charge in [-0.05, 0) is 38.3 Å². The zero-order chi connectivity index (χ0) is 21.8. The topological polar surface area (TPSA) is 129 Å². The number of aromatic nitrogens is 3. The molecule has 2 amide bonds. The lowest BCUT2D eigenvalue weighted by Crippen LogP contribution is -2.26. The van der Waals surface area contributed by atoms with E-state index in [0.717, 1.165) is 22.6 Å². The summed E-state index contributed by atoms with van der Waals surface area (Å²) in [7, 11) is 0. The van der Waals surface area contributed by atoms with Crippen LogP contribution in [0.15, 0.2) is 35.5 Å². The molecule has 0 saturated carbocycles. The second-order valence-electron chi connectivity index (χ2n) is 6.81. The molecule has 0 saturated heterocycles. The number of thioether (sulfide) groups is 1. The number of nitrogens with two attached hydrogens (primary N) is 2. The van der Waals surface area contributed by atoms with Gasteiger partial charge >= 0.3 is 0 Å². The number of thiophene rings is 1. The van der Waals surface area contributed by atoms with E-state index < -0.39 is 11.9 Å². The Kier molecular flexibility index (Phi) is 6.78. The van der Waals surface area contributed by atoms with Gasteiger partial charge in [0, 0.05) is 10.6 Å². The molecule has 2 heterocycles. The quantitative estimate of drug-likeness (QED) is 0.458. The van der Waals surface area contributed by atoms with Gasteiger partial charge in [0.05, 0.1) is 5.56 Å². The van der Waals surface area contributed by atoms with Gasteiger partial charge in [0.2, 0.25) is 11.9 Å². The van der Waals surface area contributed by atoms with Crippen molar-refractivity contribution in [2.45, 2.75) is 38.4 Å². The number of amides is 2. The second-order valence-corrected chi connectivity index (χ2v) is 9.10. The van der Waals surface area contributed by atoms with Crippen LogP contribution < -0.4 is 16.8 Å². The molecule has 0 aliphatic rings. The predicted molar refractivity (Wildman–Crippen MR) is 121 cm³/mol. The van der Waals surface area contributed by atoms with E-state index in [2.05, 4.69) is 27.6 Å². The van der Waals surface area contributed by atoms with Crippen LogP contribution in [0.4, 0.5) is 10.9 Å². The Hall–Kier alpha value is -2.85. The van der Waals surface area contributed by atoms with Crippen LogP contribution in [0.25, 0.3) is 0 Å². The fourth-order valence-corrected chi connectivity index (χ4v) is 5.08. The third kappa shape index (κ3) is 4.65. The van der Waals surface area contributed by atoms with E-state index >= 15 is 0 Å². The van der Waals surface area contributed by atoms with Crippen molar-refractivity contribution in [1.29, 1.82) is 0 Å². The molecule has 3 aromatic rings. The number of benzene rings is 1. The highest BCUT2D eigenvalue weighted by molar-refractivity contribution is 7.99. The zero-order valence-electron chi connectivity index (χ0n) is 17.0. The number of primary amides is 1. The monoisotopic (exact) mass is 444 g/mol. The Bertz CT molecular complexity index is 1060. The van der Waals surface area contributed by atoms with E-state index in [-0.39, 0.29) is 11.9 Å². The minimum atomic E-state index is -0.664. The van der Waals surface area contributed by atoms with Crippen LogP contribution in [0.5, 0.6) is 0 Å². The molecule has 1 atom stereocenters. The number of nitrogens with one attached hydrogen (secondary N) is 1. The number of carbonyl (C=O) groups excluding carboxylic acids is 2. The maximum absolute atomic E-state index is 12.9. The van der Waals surface area contributed by atoms with Crippen LogP contribution in [0, 0.1) is 13.8 Å². The fourth-order valence-electron chi connectivity index (χ4n) is 3.00. The third-order valence-electron chi connectivity index (χ3n) is 4.79. The molecule has 8 nitrogen and oxygen atoms in total. The molecule has 0 spiro atoms. The SMILES string of the molecule is Cc1sc(NC(=O)C(C)n2c(N)nnc2SCCc2ccccc2)c(C(N)=O)c1C. The molecule has 0 aliphatic carbocycles. The van der Waals surface area contributed by atoms with Crippen LogP contribution in [-0.2, 0) is 11.2 Å². The van der Waals surface area contributed by atoms with Crippen molar-refractivity contribution in [2.24, 2.45) is 5.73 Å². The van der Waals surface area contributed by atoms with Gasteiger partial charge in [-0.1, -0.05) is 42.1 Å². The molecule has 3 rings (SSSR count). The number of aryl methyl sites for hydroxylation is 2. The van der Waals surface area contributed by atoms with Gasteiger partial charge in [0.15, 0.2) is 5.16 Å². The Morgan fingerprint density at radius 3 is 2.60 bits per heavy atom. The van der Waals surface area contributed by atoms with Gasteiger partial charge in [-0.2, -0.15) is 0 Å². The van der Waals surface area contributed by atoms with Gasteiger partial charge in [0.1, 0.15) is 11.0 Å². The van der Waals surface area contributed by atoms with Crippen molar-refractivity contribution in [3.63, 3.8) is 0 Å². The molecule has 158 valence electrons. The van der Waals surface area contributed by atoms with Crippen LogP contribution >= 0.6 is 23.1 Å². The lowest BCUT2D eigenvalue weighted by molar-refractivity contribution is -0.118. The number of nitrogens with zero attached hydrogens (tertiary/aromatic N) is 3. The summed E-state index contributed by atoms with van der Waals surface area (Å²) in [6, 6.07) is 9.45. The smallest absolute Gasteiger partial charge is 0.251 e. The number of anilines is 2. The summed E-state index contributed by atoms with van der Waals surface area (Å²) < 4.78 is 1.60. The third-order valence-corrected chi connectivity index (χ3v) is 6.86. The minimum absolute atomic E-state index is 0.161. The summed E-state index contributed by atoms with van der Waals surface area (Å²) in [5.74, 6) is 0.0375. The van der Waals surface area contributed by atoms with Crippen LogP contribution in [0.1, 0.15) is 39.3 Å². The summed E-state index contributed by atoms with van der Waals surface area (Å²) >= 11 is 2.81. The average Bonchev–Trinajstić information content (AvgIpc) is 3.21. The molecule has 10 heteroatoms. The standard InChI is InChI=1S/C20H24N6O2S2/c1-11-13(3)30-18(15(11)16(21)27)23-17(28)12(2)26-19(22)24-25-20(26)29-10-9-14-7-5-4-6-8-14/h4-8,12H,9-10H2,1-3H3,(H2,21,27)(H2,22,24)(H,23,28). The van der Waals surface area contributed by atoms with Crippen molar-refractivity contribution in [3.8, 4) is 0 Å². The maximum Gasteiger partial charge on any atom is 0.251 e. The first-order valence-corrected chi connectivity index (χ1v) is 11.2. The number of rotatable bonds is 8. The van der Waals surface area contributed by atoms with Crippen LogP contribution in [-0.4, -0.2) is 32.3 Å². The Morgan fingerprint density at radius 1 is 1.23 bits per heavy atom. The second kappa shape index (κ2) is 9.31. The lowest BCUT2D eigenvalue weighted by atomic mass is 10.1. The molecule has 2 aromatic heterocycles. The van der Waals surface area contributed by atoms with E-state index in [9.17, 15) is 9.59 Å². The highest BCUT2D eigenvalue weighted by Gasteiger charge is 2.25. The zero-order valence-corrected chi connectivity index (χ0v) is 18.6. The highest BCUT2D eigenvalue weighted by atomic mass is 32.2. The van der Waals surface area contributed by atoms with Gasteiger partial charge in [-0.3, -0.25) is 14.2 Å². The summed E-state index contributed by atoms with van der Waals surface area (Å²) in [6.45, 7) is 5.41. The fraction of sp³-hybridized carbons (Fsp3) is 0.300. The first-order chi connectivity index (χ1) is 14.3. The highest BCUT2D eigenvalue weighted by Crippen LogP contribution is 2.33. The van der Waals surface area contributed by atoms with E-state index in [1.807, 2.05) is 32.0 Å². The summed E-state index contributed by atoms with van der Waals surface area (Å²) in [5.41, 5.74) is 13.8. The average molecular weight is 445 g/mol. The molecule has 1 aromatic carbocycles. The van der Waals surface area contributed by atoms with E-state index in [1.165, 1.54) is 28.7 Å². The molecule has 1 unspecified atom stereocenters. The molecule has 5 N–H and O–H groups in total. The first kappa shape index (κ1) is 21.8. The minimum Gasteiger partial charge on any atom is -0.368 e.